The van der Waals surface area contributed by atoms with E-state index < -0.39 is 17.8 Å². The highest BCUT2D eigenvalue weighted by Gasteiger charge is 2.14. The molecule has 0 saturated heterocycles. The molecule has 2 amide bonds. The number of hydrogen-bond donors (Lipinski definition) is 2. The number of hydrazine groups is 1. The lowest BCUT2D eigenvalue weighted by atomic mass is 10.0. The molecule has 0 aromatic carbocycles. The van der Waals surface area contributed by atoms with Crippen LogP contribution in [0, 0.1) is 0 Å². The molecule has 0 aromatic rings. The van der Waals surface area contributed by atoms with Gasteiger partial charge >= 0.3 is 11.9 Å². The molecule has 0 radical (unpaired) electrons. The molecule has 0 aromatic heterocycles. The van der Waals surface area contributed by atoms with Crippen LogP contribution in [0.1, 0.15) is 96.8 Å². The van der Waals surface area contributed by atoms with Crippen LogP contribution in [0.15, 0.2) is 12.7 Å². The number of amides is 2. The number of ether oxygens (including phenoxy) is 1. The first-order chi connectivity index (χ1) is 13.1. The van der Waals surface area contributed by atoms with Gasteiger partial charge in [-0.1, -0.05) is 97.0 Å². The van der Waals surface area contributed by atoms with Crippen molar-refractivity contribution in [3.05, 3.63) is 12.7 Å². The molecule has 0 atom stereocenters. The van der Waals surface area contributed by atoms with Gasteiger partial charge in [0, 0.05) is 0 Å². The predicted octanol–water partition coefficient (Wildman–Crippen LogP) is 4.34. The van der Waals surface area contributed by atoms with Crippen LogP contribution in [-0.4, -0.2) is 24.4 Å². The second-order valence-corrected chi connectivity index (χ2v) is 6.88. The van der Waals surface area contributed by atoms with E-state index in [9.17, 15) is 14.4 Å². The van der Waals surface area contributed by atoms with Crippen LogP contribution in [0.5, 0.6) is 0 Å². The Kier molecular flexibility index (Phi) is 17.6. The van der Waals surface area contributed by atoms with Gasteiger partial charge in [0.25, 0.3) is 5.91 Å². The Morgan fingerprint density at radius 2 is 1.19 bits per heavy atom. The number of rotatable bonds is 16. The maximum atomic E-state index is 11.4. The number of nitrogens with one attached hydrogen (secondary N) is 2. The largest absolute Gasteiger partial charge is 0.459 e. The van der Waals surface area contributed by atoms with Gasteiger partial charge in [-0.3, -0.25) is 20.4 Å². The summed E-state index contributed by atoms with van der Waals surface area (Å²) in [6, 6.07) is 0. The predicted molar refractivity (Wildman–Crippen MR) is 108 cm³/mol. The summed E-state index contributed by atoms with van der Waals surface area (Å²) in [4.78, 5) is 33.5. The van der Waals surface area contributed by atoms with Gasteiger partial charge in [-0.15, -0.1) is 0 Å². The number of carbonyl (C=O) groups excluding carboxylic acids is 3. The second kappa shape index (κ2) is 18.9. The van der Waals surface area contributed by atoms with Gasteiger partial charge in [0.15, 0.2) is 0 Å². The third-order valence-electron chi connectivity index (χ3n) is 4.40. The normalized spacial score (nSPS) is 10.3. The molecule has 2 N–H and O–H groups in total. The van der Waals surface area contributed by atoms with Gasteiger partial charge in [-0.25, -0.2) is 4.79 Å². The van der Waals surface area contributed by atoms with Gasteiger partial charge in [0.1, 0.15) is 0 Å². The van der Waals surface area contributed by atoms with Gasteiger partial charge in [-0.2, -0.15) is 0 Å². The molecule has 0 aliphatic rings. The van der Waals surface area contributed by atoms with Crippen molar-refractivity contribution in [2.45, 2.75) is 96.8 Å². The van der Waals surface area contributed by atoms with E-state index >= 15 is 0 Å². The third-order valence-corrected chi connectivity index (χ3v) is 4.40. The summed E-state index contributed by atoms with van der Waals surface area (Å²) < 4.78 is 4.85. The lowest BCUT2D eigenvalue weighted by Gasteiger charge is -2.06. The standard InChI is InChI=1S/C21H38N2O4/c1-3-5-6-7-8-9-10-11-12-13-14-15-16-17-18-27-21(26)20(25)23-22-19(24)4-2/h4H,2-3,5-18H2,1H3,(H,22,24)(H,23,25). The van der Waals surface area contributed by atoms with E-state index in [1.54, 1.807) is 0 Å². The molecule has 0 bridgehead atoms. The number of unbranched alkanes of at least 4 members (excludes halogenated alkanes) is 13. The maximum absolute atomic E-state index is 11.4. The van der Waals surface area contributed by atoms with E-state index in [-0.39, 0.29) is 6.61 Å². The highest BCUT2D eigenvalue weighted by molar-refractivity contribution is 6.32. The molecule has 0 unspecified atom stereocenters. The first-order valence-corrected chi connectivity index (χ1v) is 10.5. The molecule has 0 aliphatic carbocycles. The Morgan fingerprint density at radius 3 is 1.63 bits per heavy atom. The summed E-state index contributed by atoms with van der Waals surface area (Å²) in [7, 11) is 0. The fourth-order valence-electron chi connectivity index (χ4n) is 2.75. The van der Waals surface area contributed by atoms with Crippen molar-refractivity contribution in [3.63, 3.8) is 0 Å². The van der Waals surface area contributed by atoms with Crippen molar-refractivity contribution in [1.29, 1.82) is 0 Å². The summed E-state index contributed by atoms with van der Waals surface area (Å²) in [5, 5.41) is 0. The molecule has 6 heteroatoms. The Morgan fingerprint density at radius 1 is 0.741 bits per heavy atom. The molecule has 0 spiro atoms. The van der Waals surface area contributed by atoms with Crippen LogP contribution in [0.3, 0.4) is 0 Å². The first kappa shape index (κ1) is 25.1. The Bertz CT molecular complexity index is 424. The zero-order valence-corrected chi connectivity index (χ0v) is 17.0. The molecule has 156 valence electrons. The second-order valence-electron chi connectivity index (χ2n) is 6.88. The molecule has 0 saturated carbocycles. The summed E-state index contributed by atoms with van der Waals surface area (Å²) in [6.07, 6.45) is 18.5. The molecule has 6 nitrogen and oxygen atoms in total. The average Bonchev–Trinajstić information content (AvgIpc) is 2.68. The lowest BCUT2D eigenvalue weighted by Crippen LogP contribution is -2.44. The summed E-state index contributed by atoms with van der Waals surface area (Å²) in [5.41, 5.74) is 3.96. The van der Waals surface area contributed by atoms with E-state index in [2.05, 4.69) is 13.5 Å². The smallest absolute Gasteiger partial charge is 0.398 e. The summed E-state index contributed by atoms with van der Waals surface area (Å²) in [6.45, 7) is 5.70. The zero-order chi connectivity index (χ0) is 20.2. The van der Waals surface area contributed by atoms with Crippen molar-refractivity contribution >= 4 is 17.8 Å². The van der Waals surface area contributed by atoms with Gasteiger partial charge in [-0.05, 0) is 12.5 Å². The highest BCUT2D eigenvalue weighted by atomic mass is 16.5. The monoisotopic (exact) mass is 382 g/mol. The van der Waals surface area contributed by atoms with Crippen molar-refractivity contribution in [2.24, 2.45) is 0 Å². The first-order valence-electron chi connectivity index (χ1n) is 10.5. The minimum atomic E-state index is -0.992. The zero-order valence-electron chi connectivity index (χ0n) is 17.0. The van der Waals surface area contributed by atoms with Crippen molar-refractivity contribution in [3.8, 4) is 0 Å². The van der Waals surface area contributed by atoms with E-state index in [0.717, 1.165) is 25.3 Å². The quantitative estimate of drug-likeness (QED) is 0.137. The Labute approximate surface area is 164 Å². The Hall–Kier alpha value is -1.85. The van der Waals surface area contributed by atoms with Crippen molar-refractivity contribution in [1.82, 2.24) is 10.9 Å². The molecule has 27 heavy (non-hydrogen) atoms. The van der Waals surface area contributed by atoms with Crippen molar-refractivity contribution in [2.75, 3.05) is 6.61 Å². The van der Waals surface area contributed by atoms with Crippen LogP contribution < -0.4 is 10.9 Å². The van der Waals surface area contributed by atoms with Gasteiger partial charge in [0.2, 0.25) is 0 Å². The lowest BCUT2D eigenvalue weighted by molar-refractivity contribution is -0.155. The minimum absolute atomic E-state index is 0.222. The van der Waals surface area contributed by atoms with E-state index in [1.165, 1.54) is 70.6 Å². The van der Waals surface area contributed by atoms with E-state index in [0.29, 0.717) is 0 Å². The summed E-state index contributed by atoms with van der Waals surface area (Å²) >= 11 is 0. The maximum Gasteiger partial charge on any atom is 0.398 e. The number of carbonyl (C=O) groups is 3. The van der Waals surface area contributed by atoms with Gasteiger partial charge < -0.3 is 4.74 Å². The van der Waals surface area contributed by atoms with Crippen LogP contribution in [0.25, 0.3) is 0 Å². The van der Waals surface area contributed by atoms with E-state index in [4.69, 9.17) is 4.74 Å². The topological polar surface area (TPSA) is 84.5 Å². The third kappa shape index (κ3) is 17.3. The van der Waals surface area contributed by atoms with Crippen LogP contribution in [-0.2, 0) is 19.1 Å². The average molecular weight is 383 g/mol. The molecular weight excluding hydrogens is 344 g/mol. The minimum Gasteiger partial charge on any atom is -0.459 e. The van der Waals surface area contributed by atoms with Gasteiger partial charge in [0.05, 0.1) is 6.61 Å². The van der Waals surface area contributed by atoms with Crippen LogP contribution in [0.4, 0.5) is 0 Å². The molecule has 0 aliphatic heterocycles. The number of esters is 1. The van der Waals surface area contributed by atoms with Crippen LogP contribution in [0.2, 0.25) is 0 Å². The molecule has 0 heterocycles. The van der Waals surface area contributed by atoms with Crippen LogP contribution >= 0.6 is 0 Å². The molecule has 0 rings (SSSR count). The fourth-order valence-corrected chi connectivity index (χ4v) is 2.75. The fraction of sp³-hybridized carbons (Fsp3) is 0.762. The highest BCUT2D eigenvalue weighted by Crippen LogP contribution is 2.12. The molecule has 0 fully saturated rings. The van der Waals surface area contributed by atoms with E-state index in [1.807, 2.05) is 10.9 Å². The Balaban J connectivity index is 3.30. The SMILES string of the molecule is C=CC(=O)NNC(=O)C(=O)OCCCCCCCCCCCCCCCC. The number of hydrogen-bond acceptors (Lipinski definition) is 4. The van der Waals surface area contributed by atoms with Crippen molar-refractivity contribution < 1.29 is 19.1 Å². The molecular formula is C21H38N2O4. The summed E-state index contributed by atoms with van der Waals surface area (Å²) in [5.74, 6) is -2.58.